The van der Waals surface area contributed by atoms with Gasteiger partial charge in [-0.3, -0.25) is 0 Å². The molecule has 0 spiro atoms. The molecule has 6 heteroatoms. The third kappa shape index (κ3) is 9.01. The Hall–Kier alpha value is -2.18. The van der Waals surface area contributed by atoms with Gasteiger partial charge in [-0.1, -0.05) is 166 Å². The Labute approximate surface area is 318 Å². The minimum atomic E-state index is -1.46. The van der Waals surface area contributed by atoms with Crippen LogP contribution < -0.4 is 20.7 Å². The summed E-state index contributed by atoms with van der Waals surface area (Å²) in [6, 6.07) is 46.0. The number of fused-ring (bicyclic) bond motifs is 4. The maximum absolute atomic E-state index is 4.93. The summed E-state index contributed by atoms with van der Waals surface area (Å²) in [7, 11) is 7.74. The van der Waals surface area contributed by atoms with E-state index in [-0.39, 0.29) is 5.41 Å². The van der Waals surface area contributed by atoms with Gasteiger partial charge >= 0.3 is 37.9 Å². The molecule has 0 saturated heterocycles. The first-order chi connectivity index (χ1) is 23.1. The van der Waals surface area contributed by atoms with Crippen LogP contribution in [0.3, 0.4) is 0 Å². The average Bonchev–Trinajstić information content (AvgIpc) is 3.66. The molecule has 248 valence electrons. The van der Waals surface area contributed by atoms with Gasteiger partial charge in [-0.2, -0.15) is 29.5 Å². The van der Waals surface area contributed by atoms with Gasteiger partial charge in [0, 0.05) is 0 Å². The largest absolute Gasteiger partial charge is 0.184 e. The Morgan fingerprint density at radius 2 is 1.27 bits per heavy atom. The molecule has 1 aliphatic heterocycles. The van der Waals surface area contributed by atoms with E-state index >= 15 is 0 Å². The summed E-state index contributed by atoms with van der Waals surface area (Å²) in [5.74, 6) is 0. The van der Waals surface area contributed by atoms with Gasteiger partial charge < -0.3 is 0 Å². The molecule has 0 atom stereocenters. The summed E-state index contributed by atoms with van der Waals surface area (Å²) < 4.78 is 0. The van der Waals surface area contributed by atoms with Crippen molar-refractivity contribution in [3.63, 3.8) is 0 Å². The molecule has 0 aromatic heterocycles. The SMILES string of the molecule is CC(C)(C)c1ccc2[cH-]c(-c3ccccc3)cc2c1-c1cc([Si](C)(C)C)cc([Si](C)(C)C)c1.[Cl][Zr+2][Cl].[c-]1cccc2c1[Si]c1ccccc1-2. The van der Waals surface area contributed by atoms with Gasteiger partial charge in [0.15, 0.2) is 0 Å². The number of hydrogen-bond acceptors (Lipinski definition) is 0. The van der Waals surface area contributed by atoms with Crippen LogP contribution in [-0.2, 0) is 26.3 Å². The Morgan fingerprint density at radius 1 is 0.673 bits per heavy atom. The standard InChI is InChI=1S/C31H39Si2.C12H7Si.2ClH.Zr/c1-31(2,3)29-16-15-23-17-24(22-13-11-10-12-14-22)20-28(23)30(29)25-18-26(32(4,5)6)21-27(19-25)33(7,8)9;1-3-7-11-9(5-1)10-6-2-4-8-12(10)13-11;;;/h10-21H,1-9H3;1-7H;2*1H;/q2*-1;;;+4/p-2. The van der Waals surface area contributed by atoms with Crippen molar-refractivity contribution in [3.8, 4) is 33.4 Å². The van der Waals surface area contributed by atoms with Crippen molar-refractivity contribution in [2.75, 3.05) is 0 Å². The second kappa shape index (κ2) is 15.6. The number of halogens is 2. The van der Waals surface area contributed by atoms with Crippen molar-refractivity contribution in [2.24, 2.45) is 0 Å². The summed E-state index contributed by atoms with van der Waals surface area (Å²) >= 11 is -0.826. The van der Waals surface area contributed by atoms with Crippen molar-refractivity contribution in [2.45, 2.75) is 65.5 Å². The summed E-state index contributed by atoms with van der Waals surface area (Å²) in [5.41, 5.74) is 9.72. The van der Waals surface area contributed by atoms with E-state index in [1.807, 2.05) is 6.07 Å². The van der Waals surface area contributed by atoms with E-state index in [2.05, 4.69) is 175 Å². The van der Waals surface area contributed by atoms with E-state index < -0.39 is 37.0 Å². The van der Waals surface area contributed by atoms with Gasteiger partial charge in [0.2, 0.25) is 0 Å². The fourth-order valence-corrected chi connectivity index (χ4v) is 10.2. The zero-order valence-electron chi connectivity index (χ0n) is 30.2. The number of rotatable bonds is 4. The molecule has 0 aliphatic carbocycles. The first-order valence-corrected chi connectivity index (χ1v) is 31.2. The fraction of sp³-hybridized carbons (Fsp3) is 0.233. The van der Waals surface area contributed by atoms with Crippen LogP contribution in [0, 0.1) is 6.07 Å². The minimum absolute atomic E-state index is 0.0716. The van der Waals surface area contributed by atoms with Crippen molar-refractivity contribution < 1.29 is 20.8 Å². The third-order valence-electron chi connectivity index (χ3n) is 9.09. The van der Waals surface area contributed by atoms with E-state index in [1.165, 1.54) is 60.1 Å². The van der Waals surface area contributed by atoms with E-state index in [9.17, 15) is 0 Å². The normalized spacial score (nSPS) is 12.2. The van der Waals surface area contributed by atoms with Crippen molar-refractivity contribution in [1.82, 2.24) is 0 Å². The zero-order chi connectivity index (χ0) is 35.6. The molecule has 1 heterocycles. The van der Waals surface area contributed by atoms with Crippen LogP contribution in [0.25, 0.3) is 44.2 Å². The topological polar surface area (TPSA) is 0 Å². The zero-order valence-corrected chi connectivity index (χ0v) is 37.2. The second-order valence-corrected chi connectivity index (χ2v) is 31.0. The summed E-state index contributed by atoms with van der Waals surface area (Å²) in [6.07, 6.45) is 0. The van der Waals surface area contributed by atoms with Crippen LogP contribution in [-0.4, -0.2) is 25.7 Å². The van der Waals surface area contributed by atoms with Crippen molar-refractivity contribution in [3.05, 3.63) is 127 Å². The van der Waals surface area contributed by atoms with Gasteiger partial charge in [-0.15, -0.1) is 40.1 Å². The van der Waals surface area contributed by atoms with E-state index in [0.717, 1.165) is 9.52 Å². The van der Waals surface area contributed by atoms with Crippen molar-refractivity contribution in [1.29, 1.82) is 0 Å². The van der Waals surface area contributed by atoms with Crippen LogP contribution in [0.1, 0.15) is 26.3 Å². The monoisotopic (exact) mass is 806 g/mol. The number of hydrogen-bond donors (Lipinski definition) is 0. The molecule has 2 radical (unpaired) electrons. The fourth-order valence-electron chi connectivity index (χ4n) is 6.38. The van der Waals surface area contributed by atoms with Crippen LogP contribution in [0.15, 0.2) is 115 Å². The first-order valence-electron chi connectivity index (χ1n) is 16.9. The molecule has 0 unspecified atom stereocenters. The average molecular weight is 809 g/mol. The van der Waals surface area contributed by atoms with Crippen LogP contribution in [0.5, 0.6) is 0 Å². The van der Waals surface area contributed by atoms with E-state index in [0.29, 0.717) is 0 Å². The van der Waals surface area contributed by atoms with Gasteiger partial charge in [-0.25, -0.2) is 0 Å². The minimum Gasteiger partial charge on any atom is -0.184 e. The Bertz CT molecular complexity index is 1970. The third-order valence-corrected chi connectivity index (χ3v) is 14.5. The molecule has 0 bridgehead atoms. The molecule has 49 heavy (non-hydrogen) atoms. The molecule has 6 aromatic carbocycles. The molecule has 7 rings (SSSR count). The predicted octanol–water partition coefficient (Wildman–Crippen LogP) is 10.8. The van der Waals surface area contributed by atoms with Crippen molar-refractivity contribution >= 4 is 74.2 Å². The summed E-state index contributed by atoms with van der Waals surface area (Å²) in [5, 5.41) is 8.69. The van der Waals surface area contributed by atoms with E-state index in [1.54, 1.807) is 10.4 Å². The quantitative estimate of drug-likeness (QED) is 0.123. The first kappa shape index (κ1) is 38.1. The predicted molar refractivity (Wildman–Crippen MR) is 223 cm³/mol. The molecule has 6 aromatic rings. The summed E-state index contributed by atoms with van der Waals surface area (Å²) in [6.45, 7) is 21.9. The summed E-state index contributed by atoms with van der Waals surface area (Å²) in [4.78, 5) is 0. The van der Waals surface area contributed by atoms with Crippen LogP contribution in [0.2, 0.25) is 39.3 Å². The smallest absolute Gasteiger partial charge is 0.0920 e. The molecule has 1 aliphatic rings. The van der Waals surface area contributed by atoms with Gasteiger partial charge in [0.1, 0.15) is 0 Å². The Kier molecular flexibility index (Phi) is 12.1. The van der Waals surface area contributed by atoms with Crippen LogP contribution in [0.4, 0.5) is 0 Å². The second-order valence-electron chi connectivity index (χ2n) is 15.9. The van der Waals surface area contributed by atoms with Gasteiger partial charge in [0.05, 0.1) is 25.7 Å². The molecule has 0 N–H and O–H groups in total. The van der Waals surface area contributed by atoms with Gasteiger partial charge in [0.25, 0.3) is 0 Å². The molecule has 0 fully saturated rings. The van der Waals surface area contributed by atoms with E-state index in [4.69, 9.17) is 17.0 Å². The molecule has 0 amide bonds. The Balaban J connectivity index is 0.000000239. The van der Waals surface area contributed by atoms with Gasteiger partial charge in [-0.05, 0) is 22.1 Å². The van der Waals surface area contributed by atoms with Crippen LogP contribution >= 0.6 is 17.0 Å². The molecular weight excluding hydrogens is 763 g/mol. The maximum atomic E-state index is 4.93. The maximum Gasteiger partial charge on any atom is 0.0920 e. The molecular formula is C43H46Cl2Si3Zr. The number of benzene rings is 5. The molecule has 0 nitrogen and oxygen atoms in total. The Morgan fingerprint density at radius 3 is 1.88 bits per heavy atom. The molecule has 0 saturated carbocycles.